The van der Waals surface area contributed by atoms with Gasteiger partial charge in [-0.05, 0) is 38.5 Å². The van der Waals surface area contributed by atoms with Crippen LogP contribution < -0.4 is 5.32 Å². The highest BCUT2D eigenvalue weighted by Crippen LogP contribution is 2.09. The number of hydrogen-bond acceptors (Lipinski definition) is 1. The maximum atomic E-state index is 12.1. The molecule has 2 nitrogen and oxygen atoms in total. The third-order valence-electron chi connectivity index (χ3n) is 2.75. The number of carbonyl (C=O) groups excluding carboxylic acids is 1. The van der Waals surface area contributed by atoms with Gasteiger partial charge in [0.2, 0.25) is 0 Å². The Morgan fingerprint density at radius 3 is 2.42 bits per heavy atom. The van der Waals surface area contributed by atoms with Crippen LogP contribution in [0.2, 0.25) is 0 Å². The molecule has 1 amide bonds. The standard InChI is InChI=1S/C17H21NO/c1-5-7-8-15(6-2)12-18-17(19)16-10-13(3)9-14(4)11-16/h5-11H,1,12H2,2-4H3,(H,18,19)/b8-7-,15-6+. The van der Waals surface area contributed by atoms with Crippen LogP contribution in [0.5, 0.6) is 0 Å². The van der Waals surface area contributed by atoms with Crippen molar-refractivity contribution < 1.29 is 4.79 Å². The van der Waals surface area contributed by atoms with Gasteiger partial charge in [0.25, 0.3) is 5.91 Å². The van der Waals surface area contributed by atoms with Crippen molar-refractivity contribution >= 4 is 5.91 Å². The molecule has 0 fully saturated rings. The number of aryl methyl sites for hydroxylation is 2. The molecule has 1 N–H and O–H groups in total. The summed E-state index contributed by atoms with van der Waals surface area (Å²) in [6.07, 6.45) is 7.49. The van der Waals surface area contributed by atoms with Crippen molar-refractivity contribution in [2.24, 2.45) is 0 Å². The van der Waals surface area contributed by atoms with Crippen LogP contribution in [-0.2, 0) is 0 Å². The molecule has 0 unspecified atom stereocenters. The normalized spacial score (nSPS) is 11.6. The number of carbonyl (C=O) groups is 1. The van der Waals surface area contributed by atoms with Crippen LogP contribution in [0.15, 0.2) is 54.7 Å². The summed E-state index contributed by atoms with van der Waals surface area (Å²) in [5.41, 5.74) is 3.96. The van der Waals surface area contributed by atoms with Gasteiger partial charge in [-0.1, -0.05) is 48.1 Å². The molecular weight excluding hydrogens is 234 g/mol. The molecule has 0 heterocycles. The van der Waals surface area contributed by atoms with Crippen molar-refractivity contribution in [2.45, 2.75) is 20.8 Å². The molecule has 0 saturated heterocycles. The van der Waals surface area contributed by atoms with Crippen LogP contribution in [0.4, 0.5) is 0 Å². The zero-order valence-corrected chi connectivity index (χ0v) is 11.9. The average Bonchev–Trinajstić information content (AvgIpc) is 2.37. The first kappa shape index (κ1) is 15.0. The van der Waals surface area contributed by atoms with Crippen molar-refractivity contribution in [3.8, 4) is 0 Å². The van der Waals surface area contributed by atoms with E-state index in [-0.39, 0.29) is 5.91 Å². The summed E-state index contributed by atoms with van der Waals surface area (Å²) in [6.45, 7) is 10.1. The van der Waals surface area contributed by atoms with Gasteiger partial charge < -0.3 is 5.32 Å². The van der Waals surface area contributed by atoms with E-state index in [1.54, 1.807) is 6.08 Å². The summed E-state index contributed by atoms with van der Waals surface area (Å²) in [6, 6.07) is 5.86. The molecule has 0 aliphatic heterocycles. The summed E-state index contributed by atoms with van der Waals surface area (Å²) in [5, 5.41) is 2.92. The van der Waals surface area contributed by atoms with Crippen LogP contribution in [0.25, 0.3) is 0 Å². The zero-order chi connectivity index (χ0) is 14.3. The van der Waals surface area contributed by atoms with E-state index >= 15 is 0 Å². The summed E-state index contributed by atoms with van der Waals surface area (Å²) in [7, 11) is 0. The van der Waals surface area contributed by atoms with Gasteiger partial charge in [-0.3, -0.25) is 4.79 Å². The Balaban J connectivity index is 2.69. The van der Waals surface area contributed by atoms with Crippen LogP contribution in [0.1, 0.15) is 28.4 Å². The van der Waals surface area contributed by atoms with Gasteiger partial charge in [0.05, 0.1) is 0 Å². The maximum Gasteiger partial charge on any atom is 0.251 e. The summed E-state index contributed by atoms with van der Waals surface area (Å²) in [4.78, 5) is 12.1. The van der Waals surface area contributed by atoms with E-state index in [9.17, 15) is 4.79 Å². The minimum absolute atomic E-state index is 0.0434. The molecule has 19 heavy (non-hydrogen) atoms. The third-order valence-corrected chi connectivity index (χ3v) is 2.75. The quantitative estimate of drug-likeness (QED) is 0.798. The Hall–Kier alpha value is -2.09. The second kappa shape index (κ2) is 7.37. The molecule has 0 aromatic heterocycles. The van der Waals surface area contributed by atoms with E-state index in [0.717, 1.165) is 16.7 Å². The van der Waals surface area contributed by atoms with E-state index < -0.39 is 0 Å². The molecule has 0 spiro atoms. The Morgan fingerprint density at radius 1 is 1.26 bits per heavy atom. The highest BCUT2D eigenvalue weighted by Gasteiger charge is 2.06. The molecule has 1 aromatic carbocycles. The molecule has 100 valence electrons. The lowest BCUT2D eigenvalue weighted by Crippen LogP contribution is -2.25. The molecule has 0 bridgehead atoms. The Bertz CT molecular complexity index is 504. The first-order chi connectivity index (χ1) is 9.06. The highest BCUT2D eigenvalue weighted by atomic mass is 16.1. The molecule has 1 aromatic rings. The Labute approximate surface area is 115 Å². The van der Waals surface area contributed by atoms with Crippen LogP contribution in [-0.4, -0.2) is 12.5 Å². The van der Waals surface area contributed by atoms with Crippen molar-refractivity contribution in [2.75, 3.05) is 6.54 Å². The van der Waals surface area contributed by atoms with Crippen LogP contribution in [0, 0.1) is 13.8 Å². The number of amides is 1. The van der Waals surface area contributed by atoms with E-state index in [1.165, 1.54) is 0 Å². The molecular formula is C17H21NO. The lowest BCUT2D eigenvalue weighted by atomic mass is 10.1. The van der Waals surface area contributed by atoms with E-state index in [0.29, 0.717) is 12.1 Å². The molecule has 0 radical (unpaired) electrons. The van der Waals surface area contributed by atoms with Gasteiger partial charge in [0, 0.05) is 12.1 Å². The monoisotopic (exact) mass is 255 g/mol. The van der Waals surface area contributed by atoms with Crippen molar-refractivity contribution in [3.63, 3.8) is 0 Å². The topological polar surface area (TPSA) is 29.1 Å². The zero-order valence-electron chi connectivity index (χ0n) is 11.9. The molecule has 2 heteroatoms. The smallest absolute Gasteiger partial charge is 0.251 e. The predicted octanol–water partition coefficient (Wildman–Crippen LogP) is 3.72. The first-order valence-corrected chi connectivity index (χ1v) is 6.37. The predicted molar refractivity (Wildman–Crippen MR) is 81.3 cm³/mol. The molecule has 0 saturated carbocycles. The van der Waals surface area contributed by atoms with Gasteiger partial charge in [-0.25, -0.2) is 0 Å². The fourth-order valence-electron chi connectivity index (χ4n) is 1.84. The average molecular weight is 255 g/mol. The van der Waals surface area contributed by atoms with Gasteiger partial charge in [0.15, 0.2) is 0 Å². The number of benzene rings is 1. The molecule has 0 aliphatic rings. The summed E-state index contributed by atoms with van der Waals surface area (Å²) >= 11 is 0. The summed E-state index contributed by atoms with van der Waals surface area (Å²) < 4.78 is 0. The SMILES string of the molecule is C=C/C=C\C(=C/C)CNC(=O)c1cc(C)cc(C)c1. The van der Waals surface area contributed by atoms with Crippen LogP contribution in [0.3, 0.4) is 0 Å². The summed E-state index contributed by atoms with van der Waals surface area (Å²) in [5.74, 6) is -0.0434. The third kappa shape index (κ3) is 4.96. The fourth-order valence-corrected chi connectivity index (χ4v) is 1.84. The lowest BCUT2D eigenvalue weighted by Gasteiger charge is -2.07. The Morgan fingerprint density at radius 2 is 1.89 bits per heavy atom. The Kier molecular flexibility index (Phi) is 5.80. The number of nitrogens with one attached hydrogen (secondary N) is 1. The maximum absolute atomic E-state index is 12.1. The molecule has 0 aliphatic carbocycles. The van der Waals surface area contributed by atoms with Crippen molar-refractivity contribution in [3.05, 3.63) is 71.3 Å². The number of hydrogen-bond donors (Lipinski definition) is 1. The largest absolute Gasteiger partial charge is 0.348 e. The van der Waals surface area contributed by atoms with Crippen LogP contribution >= 0.6 is 0 Å². The van der Waals surface area contributed by atoms with Crippen molar-refractivity contribution in [1.29, 1.82) is 0 Å². The van der Waals surface area contributed by atoms with Crippen molar-refractivity contribution in [1.82, 2.24) is 5.32 Å². The lowest BCUT2D eigenvalue weighted by molar-refractivity contribution is 0.0957. The van der Waals surface area contributed by atoms with Gasteiger partial charge >= 0.3 is 0 Å². The minimum Gasteiger partial charge on any atom is -0.348 e. The first-order valence-electron chi connectivity index (χ1n) is 6.37. The van der Waals surface area contributed by atoms with E-state index in [1.807, 2.05) is 51.1 Å². The van der Waals surface area contributed by atoms with E-state index in [2.05, 4.69) is 18.0 Å². The fraction of sp³-hybridized carbons (Fsp3) is 0.235. The van der Waals surface area contributed by atoms with Gasteiger partial charge in [0.1, 0.15) is 0 Å². The minimum atomic E-state index is -0.0434. The highest BCUT2D eigenvalue weighted by molar-refractivity contribution is 5.94. The number of rotatable bonds is 5. The second-order valence-electron chi connectivity index (χ2n) is 4.52. The van der Waals surface area contributed by atoms with Gasteiger partial charge in [-0.2, -0.15) is 0 Å². The molecule has 0 atom stereocenters. The number of allylic oxidation sites excluding steroid dienone is 3. The molecule has 1 rings (SSSR count). The second-order valence-corrected chi connectivity index (χ2v) is 4.52. The van der Waals surface area contributed by atoms with Gasteiger partial charge in [-0.15, -0.1) is 0 Å². The van der Waals surface area contributed by atoms with E-state index in [4.69, 9.17) is 0 Å².